The summed E-state index contributed by atoms with van der Waals surface area (Å²) < 4.78 is 25.9. The number of hydrogen-bond acceptors (Lipinski definition) is 9. The van der Waals surface area contributed by atoms with Gasteiger partial charge in [0.2, 0.25) is 0 Å². The van der Waals surface area contributed by atoms with Crippen molar-refractivity contribution in [3.8, 4) is 0 Å². The van der Waals surface area contributed by atoms with E-state index in [1.54, 1.807) is 42.5 Å². The van der Waals surface area contributed by atoms with Crippen molar-refractivity contribution >= 4 is 19.8 Å². The van der Waals surface area contributed by atoms with Gasteiger partial charge in [-0.15, -0.1) is 0 Å². The first-order chi connectivity index (χ1) is 21.5. The highest BCUT2D eigenvalue weighted by Crippen LogP contribution is 2.35. The topological polar surface area (TPSA) is 180 Å². The van der Waals surface area contributed by atoms with Crippen LogP contribution in [0.4, 0.5) is 0 Å². The number of rotatable bonds is 28. The van der Waals surface area contributed by atoms with Crippen molar-refractivity contribution in [3.63, 3.8) is 0 Å². The summed E-state index contributed by atoms with van der Waals surface area (Å²) in [7, 11) is -4.82. The Bertz CT molecular complexity index is 926. The molecule has 11 nitrogen and oxygen atoms in total. The highest BCUT2D eigenvalue weighted by atomic mass is 31.2. The molecule has 45 heavy (non-hydrogen) atoms. The van der Waals surface area contributed by atoms with Crippen LogP contribution in [-0.4, -0.2) is 74.7 Å². The maximum Gasteiger partial charge on any atom is 0.469 e. The van der Waals surface area contributed by atoms with Gasteiger partial charge in [-0.3, -0.25) is 14.1 Å². The van der Waals surface area contributed by atoms with E-state index in [4.69, 9.17) is 19.3 Å². The van der Waals surface area contributed by atoms with Crippen LogP contribution in [0, 0.1) is 0 Å². The van der Waals surface area contributed by atoms with E-state index in [9.17, 15) is 29.5 Å². The molecule has 0 saturated carbocycles. The molecule has 4 atom stereocenters. The van der Waals surface area contributed by atoms with Gasteiger partial charge >= 0.3 is 19.8 Å². The number of ether oxygens (including phenoxy) is 2. The quantitative estimate of drug-likeness (QED) is 0.0298. The van der Waals surface area contributed by atoms with Gasteiger partial charge in [-0.2, -0.15) is 0 Å². The van der Waals surface area contributed by atoms with Crippen LogP contribution in [0.15, 0.2) is 48.6 Å². The molecule has 0 rings (SSSR count). The molecule has 0 aromatic heterocycles. The average Bonchev–Trinajstić information content (AvgIpc) is 2.98. The summed E-state index contributed by atoms with van der Waals surface area (Å²) >= 11 is 0. The van der Waals surface area contributed by atoms with E-state index < -0.39 is 57.4 Å². The first kappa shape index (κ1) is 42.9. The molecule has 0 bridgehead atoms. The number of aliphatic hydroxyl groups excluding tert-OH is 3. The molecular weight excluding hydrogens is 603 g/mol. The molecule has 0 aromatic carbocycles. The van der Waals surface area contributed by atoms with Crippen molar-refractivity contribution in [3.05, 3.63) is 48.6 Å². The first-order valence-corrected chi connectivity index (χ1v) is 17.8. The lowest BCUT2D eigenvalue weighted by molar-refractivity contribution is -0.161. The predicted molar refractivity (Wildman–Crippen MR) is 174 cm³/mol. The van der Waals surface area contributed by atoms with Crippen molar-refractivity contribution in [2.45, 2.75) is 135 Å². The Kier molecular flexibility index (Phi) is 26.8. The van der Waals surface area contributed by atoms with Crippen LogP contribution in [0.1, 0.15) is 110 Å². The van der Waals surface area contributed by atoms with E-state index >= 15 is 0 Å². The summed E-state index contributed by atoms with van der Waals surface area (Å²) in [4.78, 5) is 42.3. The number of carbonyl (C=O) groups excluding carboxylic acids is 2. The summed E-state index contributed by atoms with van der Waals surface area (Å²) in [6.07, 6.45) is 21.0. The van der Waals surface area contributed by atoms with Gasteiger partial charge < -0.3 is 34.6 Å². The third kappa shape index (κ3) is 29.1. The highest BCUT2D eigenvalue weighted by molar-refractivity contribution is 7.46. The van der Waals surface area contributed by atoms with Gasteiger partial charge in [-0.25, -0.2) is 4.57 Å². The molecule has 260 valence electrons. The summed E-state index contributed by atoms with van der Waals surface area (Å²) in [6.45, 7) is 3.18. The molecule has 0 heterocycles. The number of allylic oxidation sites excluding steroid dienone is 6. The standard InChI is InChI=1S/C33H57O11P/c1-3-5-7-8-9-14-18-24-33(38)44-29(27-43-45(39,40)41)26-42-32(37)25-19-23-31(36)30(35)22-17-13-11-10-12-16-21-28(34)20-15-6-4-2/h10-13,16-17,21-22,28-31,34-36H,3-9,14-15,18-20,23-27H2,1-2H3,(H2,39,40,41)/b12-10-,13-11+,21-16+,22-17+/t28-,29-,30-,31-/m1/s1. The van der Waals surface area contributed by atoms with Gasteiger partial charge in [0.15, 0.2) is 6.10 Å². The van der Waals surface area contributed by atoms with Crippen LogP contribution >= 0.6 is 7.82 Å². The molecule has 0 amide bonds. The third-order valence-corrected chi connectivity index (χ3v) is 7.20. The zero-order valence-electron chi connectivity index (χ0n) is 27.1. The van der Waals surface area contributed by atoms with Crippen LogP contribution in [-0.2, 0) is 28.2 Å². The minimum atomic E-state index is -4.82. The zero-order chi connectivity index (χ0) is 33.8. The largest absolute Gasteiger partial charge is 0.469 e. The van der Waals surface area contributed by atoms with Crippen molar-refractivity contribution in [2.75, 3.05) is 13.2 Å². The SMILES string of the molecule is CCCCCCCCCC(=O)O[C@H](COC(=O)CCC[C@@H](O)[C@H](O)/C=C/C=C/C=C\C=C\[C@H](O)CCCCC)COP(=O)(O)O. The second-order valence-electron chi connectivity index (χ2n) is 11.0. The smallest absolute Gasteiger partial charge is 0.462 e. The number of hydrogen-bond donors (Lipinski definition) is 5. The van der Waals surface area contributed by atoms with E-state index in [2.05, 4.69) is 18.4 Å². The second kappa shape index (κ2) is 28.1. The van der Waals surface area contributed by atoms with E-state index in [-0.39, 0.29) is 25.7 Å². The van der Waals surface area contributed by atoms with Gasteiger partial charge in [0.05, 0.1) is 24.9 Å². The van der Waals surface area contributed by atoms with E-state index in [0.717, 1.165) is 57.8 Å². The fraction of sp³-hybridized carbons (Fsp3) is 0.697. The number of esters is 2. The van der Waals surface area contributed by atoms with Crippen LogP contribution in [0.25, 0.3) is 0 Å². The average molecular weight is 661 g/mol. The molecule has 0 aromatic rings. The van der Waals surface area contributed by atoms with Crippen molar-refractivity contribution in [1.82, 2.24) is 0 Å². The molecule has 0 unspecified atom stereocenters. The van der Waals surface area contributed by atoms with Crippen LogP contribution in [0.2, 0.25) is 0 Å². The second-order valence-corrected chi connectivity index (χ2v) is 12.2. The molecule has 0 aliphatic rings. The first-order valence-electron chi connectivity index (χ1n) is 16.3. The highest BCUT2D eigenvalue weighted by Gasteiger charge is 2.23. The minimum Gasteiger partial charge on any atom is -0.462 e. The number of phosphoric acid groups is 1. The van der Waals surface area contributed by atoms with Crippen molar-refractivity contribution in [1.29, 1.82) is 0 Å². The predicted octanol–water partition coefficient (Wildman–Crippen LogP) is 5.75. The van der Waals surface area contributed by atoms with Crippen molar-refractivity contribution in [2.24, 2.45) is 0 Å². The Balaban J connectivity index is 4.41. The van der Waals surface area contributed by atoms with Crippen LogP contribution in [0.3, 0.4) is 0 Å². The minimum absolute atomic E-state index is 0.0863. The summed E-state index contributed by atoms with van der Waals surface area (Å²) in [5.41, 5.74) is 0. The van der Waals surface area contributed by atoms with Crippen LogP contribution in [0.5, 0.6) is 0 Å². The number of unbranched alkanes of at least 4 members (excludes halogenated alkanes) is 8. The van der Waals surface area contributed by atoms with Gasteiger partial charge in [0.1, 0.15) is 6.61 Å². The Labute approximate surface area is 269 Å². The van der Waals surface area contributed by atoms with Crippen LogP contribution < -0.4 is 0 Å². The van der Waals surface area contributed by atoms with Gasteiger partial charge in [-0.1, -0.05) is 120 Å². The summed E-state index contributed by atoms with van der Waals surface area (Å²) in [5.74, 6) is -1.23. The lowest BCUT2D eigenvalue weighted by atomic mass is 10.1. The number of aliphatic hydroxyl groups is 3. The molecular formula is C33H57O11P. The lowest BCUT2D eigenvalue weighted by Gasteiger charge is -2.18. The van der Waals surface area contributed by atoms with Gasteiger partial charge in [-0.05, 0) is 25.7 Å². The lowest BCUT2D eigenvalue weighted by Crippen LogP contribution is -2.29. The fourth-order valence-corrected chi connectivity index (χ4v) is 4.47. The molecule has 0 fully saturated rings. The third-order valence-electron chi connectivity index (χ3n) is 6.72. The van der Waals surface area contributed by atoms with E-state index in [0.29, 0.717) is 6.42 Å². The van der Waals surface area contributed by atoms with Gasteiger partial charge in [0.25, 0.3) is 0 Å². The van der Waals surface area contributed by atoms with Gasteiger partial charge in [0, 0.05) is 12.8 Å². The Hall–Kier alpha value is -2.11. The maximum absolute atomic E-state index is 12.2. The molecule has 0 radical (unpaired) electrons. The van der Waals surface area contributed by atoms with Crippen molar-refractivity contribution < 1.29 is 53.3 Å². The zero-order valence-corrected chi connectivity index (χ0v) is 28.0. The molecule has 12 heteroatoms. The maximum atomic E-state index is 12.2. The normalized spacial score (nSPS) is 15.3. The monoisotopic (exact) mass is 660 g/mol. The molecule has 0 saturated heterocycles. The van der Waals surface area contributed by atoms with E-state index in [1.165, 1.54) is 12.5 Å². The number of phosphoric ester groups is 1. The Morgan fingerprint density at radius 1 is 0.667 bits per heavy atom. The Morgan fingerprint density at radius 2 is 1.22 bits per heavy atom. The Morgan fingerprint density at radius 3 is 1.87 bits per heavy atom. The molecule has 0 spiro atoms. The summed E-state index contributed by atoms with van der Waals surface area (Å²) in [6, 6.07) is 0. The molecule has 0 aliphatic carbocycles. The molecule has 0 aliphatic heterocycles. The summed E-state index contributed by atoms with van der Waals surface area (Å²) in [5, 5.41) is 30.1. The molecule has 5 N–H and O–H groups in total. The van der Waals surface area contributed by atoms with E-state index in [1.807, 2.05) is 0 Å². The number of carbonyl (C=O) groups is 2. The fourth-order valence-electron chi connectivity index (χ4n) is 4.11.